The highest BCUT2D eigenvalue weighted by molar-refractivity contribution is 7.10. The van der Waals surface area contributed by atoms with E-state index in [0.717, 1.165) is 10.4 Å². The Morgan fingerprint density at radius 3 is 3.11 bits per heavy atom. The van der Waals surface area contributed by atoms with E-state index in [0.29, 0.717) is 18.9 Å². The molecular weight excluding hydrogens is 258 g/mol. The van der Waals surface area contributed by atoms with E-state index < -0.39 is 0 Å². The van der Waals surface area contributed by atoms with Gasteiger partial charge < -0.3 is 10.4 Å². The molecule has 0 aliphatic heterocycles. The van der Waals surface area contributed by atoms with E-state index in [9.17, 15) is 4.79 Å². The molecule has 1 unspecified atom stereocenters. The quantitative estimate of drug-likeness (QED) is 0.810. The fraction of sp³-hybridized carbons (Fsp3) is 0.533. The first-order chi connectivity index (χ1) is 9.20. The smallest absolute Gasteiger partial charge is 0.223 e. The van der Waals surface area contributed by atoms with E-state index in [4.69, 9.17) is 5.11 Å². The van der Waals surface area contributed by atoms with Crippen LogP contribution in [0.3, 0.4) is 0 Å². The van der Waals surface area contributed by atoms with Crippen LogP contribution in [0.1, 0.15) is 36.6 Å². The molecule has 0 bridgehead atoms. The van der Waals surface area contributed by atoms with E-state index in [1.165, 1.54) is 12.8 Å². The number of thiophene rings is 1. The van der Waals surface area contributed by atoms with Gasteiger partial charge in [0.15, 0.2) is 0 Å². The minimum Gasteiger partial charge on any atom is -0.395 e. The lowest BCUT2D eigenvalue weighted by atomic mass is 10.1. The molecule has 2 rings (SSSR count). The van der Waals surface area contributed by atoms with Crippen LogP contribution in [0.4, 0.5) is 0 Å². The molecular formula is C15H19NO2S. The molecule has 2 N–H and O–H groups in total. The average Bonchev–Trinajstić information content (AvgIpc) is 3.16. The van der Waals surface area contributed by atoms with Crippen LogP contribution >= 0.6 is 11.3 Å². The van der Waals surface area contributed by atoms with Gasteiger partial charge in [0.05, 0.1) is 13.2 Å². The Hall–Kier alpha value is -1.31. The predicted octanol–water partition coefficient (Wildman–Crippen LogP) is 2.14. The second-order valence-electron chi connectivity index (χ2n) is 4.92. The van der Waals surface area contributed by atoms with Gasteiger partial charge in [0.25, 0.3) is 0 Å². The molecule has 102 valence electrons. The second-order valence-corrected chi connectivity index (χ2v) is 5.92. The Morgan fingerprint density at radius 2 is 2.42 bits per heavy atom. The van der Waals surface area contributed by atoms with Crippen LogP contribution in [0.15, 0.2) is 11.4 Å². The predicted molar refractivity (Wildman–Crippen MR) is 76.6 cm³/mol. The summed E-state index contributed by atoms with van der Waals surface area (Å²) in [6.45, 7) is 2.69. The second kappa shape index (κ2) is 6.74. The number of amides is 1. The van der Waals surface area contributed by atoms with Crippen molar-refractivity contribution in [3.63, 3.8) is 0 Å². The third-order valence-electron chi connectivity index (χ3n) is 3.30. The third kappa shape index (κ3) is 4.38. The van der Waals surface area contributed by atoms with E-state index in [-0.39, 0.29) is 18.4 Å². The summed E-state index contributed by atoms with van der Waals surface area (Å²) in [5.74, 6) is 6.78. The van der Waals surface area contributed by atoms with Gasteiger partial charge in [-0.2, -0.15) is 0 Å². The monoisotopic (exact) mass is 277 g/mol. The number of nitrogens with one attached hydrogen (secondary N) is 1. The summed E-state index contributed by atoms with van der Waals surface area (Å²) in [5, 5.41) is 13.6. The Balaban J connectivity index is 1.80. The van der Waals surface area contributed by atoms with Crippen molar-refractivity contribution in [1.29, 1.82) is 0 Å². The number of carbonyl (C=O) groups excluding carboxylic acids is 1. The van der Waals surface area contributed by atoms with E-state index in [1.807, 2.05) is 18.4 Å². The van der Waals surface area contributed by atoms with Gasteiger partial charge >= 0.3 is 0 Å². The van der Waals surface area contributed by atoms with Crippen LogP contribution < -0.4 is 5.32 Å². The molecule has 19 heavy (non-hydrogen) atoms. The van der Waals surface area contributed by atoms with Gasteiger partial charge in [0.2, 0.25) is 5.91 Å². The first kappa shape index (κ1) is 14.1. The Kier molecular flexibility index (Phi) is 5.00. The molecule has 1 aliphatic carbocycles. The third-order valence-corrected chi connectivity index (χ3v) is 4.24. The van der Waals surface area contributed by atoms with Crippen molar-refractivity contribution in [2.75, 3.05) is 6.61 Å². The maximum Gasteiger partial charge on any atom is 0.223 e. The number of hydrogen-bond acceptors (Lipinski definition) is 3. The molecule has 1 fully saturated rings. The minimum absolute atomic E-state index is 0.0963. The molecule has 1 amide bonds. The SMILES string of the molecule is CC(C(=O)NCc1cc(C#CCCO)cs1)C1CC1. The summed E-state index contributed by atoms with van der Waals surface area (Å²) in [6.07, 6.45) is 2.89. The molecule has 1 aromatic heterocycles. The number of rotatable bonds is 5. The molecule has 0 aromatic carbocycles. The van der Waals surface area contributed by atoms with Crippen molar-refractivity contribution < 1.29 is 9.90 Å². The Morgan fingerprint density at radius 1 is 1.63 bits per heavy atom. The summed E-state index contributed by atoms with van der Waals surface area (Å²) in [4.78, 5) is 13.0. The van der Waals surface area contributed by atoms with E-state index in [2.05, 4.69) is 17.2 Å². The molecule has 3 nitrogen and oxygen atoms in total. The largest absolute Gasteiger partial charge is 0.395 e. The average molecular weight is 277 g/mol. The highest BCUT2D eigenvalue weighted by Gasteiger charge is 2.32. The molecule has 1 atom stereocenters. The van der Waals surface area contributed by atoms with Gasteiger partial charge in [-0.25, -0.2) is 0 Å². The molecule has 1 aromatic rings. The standard InChI is InChI=1S/C15H19NO2S/c1-11(13-5-6-13)15(18)16-9-14-8-12(10-19-14)4-2-3-7-17/h8,10-11,13,17H,3,5-7,9H2,1H3,(H,16,18). The zero-order valence-electron chi connectivity index (χ0n) is 11.1. The maximum absolute atomic E-state index is 11.9. The first-order valence-corrected chi connectivity index (χ1v) is 7.53. The van der Waals surface area contributed by atoms with Crippen LogP contribution in [-0.2, 0) is 11.3 Å². The summed E-state index contributed by atoms with van der Waals surface area (Å²) >= 11 is 1.61. The highest BCUT2D eigenvalue weighted by Crippen LogP contribution is 2.36. The van der Waals surface area contributed by atoms with Crippen molar-refractivity contribution in [1.82, 2.24) is 5.32 Å². The van der Waals surface area contributed by atoms with E-state index in [1.54, 1.807) is 11.3 Å². The summed E-state index contributed by atoms with van der Waals surface area (Å²) in [7, 11) is 0. The van der Waals surface area contributed by atoms with Gasteiger partial charge in [-0.15, -0.1) is 11.3 Å². The van der Waals surface area contributed by atoms with Crippen LogP contribution in [0.25, 0.3) is 0 Å². The molecule has 0 radical (unpaired) electrons. The topological polar surface area (TPSA) is 49.3 Å². The zero-order valence-corrected chi connectivity index (χ0v) is 11.9. The first-order valence-electron chi connectivity index (χ1n) is 6.65. The van der Waals surface area contributed by atoms with Gasteiger partial charge in [0.1, 0.15) is 0 Å². The lowest BCUT2D eigenvalue weighted by Gasteiger charge is -2.09. The molecule has 4 heteroatoms. The van der Waals surface area contributed by atoms with Crippen molar-refractivity contribution in [3.8, 4) is 11.8 Å². The number of aliphatic hydroxyl groups excluding tert-OH is 1. The molecule has 0 saturated heterocycles. The normalized spacial score (nSPS) is 15.5. The lowest BCUT2D eigenvalue weighted by Crippen LogP contribution is -2.29. The summed E-state index contributed by atoms with van der Waals surface area (Å²) < 4.78 is 0. The molecule has 0 spiro atoms. The number of aliphatic hydroxyl groups is 1. The summed E-state index contributed by atoms with van der Waals surface area (Å²) in [6, 6.07) is 2.00. The zero-order chi connectivity index (χ0) is 13.7. The fourth-order valence-corrected chi connectivity index (χ4v) is 2.66. The Labute approximate surface area is 118 Å². The number of carbonyl (C=O) groups is 1. The van der Waals surface area contributed by atoms with Crippen LogP contribution in [-0.4, -0.2) is 17.6 Å². The summed E-state index contributed by atoms with van der Waals surface area (Å²) in [5.41, 5.74) is 0.956. The molecule has 1 saturated carbocycles. The van der Waals surface area contributed by atoms with Crippen LogP contribution in [0, 0.1) is 23.7 Å². The van der Waals surface area contributed by atoms with Crippen molar-refractivity contribution >= 4 is 17.2 Å². The van der Waals surface area contributed by atoms with Crippen LogP contribution in [0.2, 0.25) is 0 Å². The van der Waals surface area contributed by atoms with E-state index >= 15 is 0 Å². The van der Waals surface area contributed by atoms with Gasteiger partial charge in [-0.05, 0) is 24.8 Å². The lowest BCUT2D eigenvalue weighted by molar-refractivity contribution is -0.125. The fourth-order valence-electron chi connectivity index (χ4n) is 1.90. The van der Waals surface area contributed by atoms with Gasteiger partial charge in [-0.3, -0.25) is 4.79 Å². The number of hydrogen-bond donors (Lipinski definition) is 2. The molecule has 1 heterocycles. The maximum atomic E-state index is 11.9. The van der Waals surface area contributed by atoms with Gasteiger partial charge in [-0.1, -0.05) is 18.8 Å². The van der Waals surface area contributed by atoms with Crippen molar-refractivity contribution in [2.45, 2.75) is 32.7 Å². The Bertz CT molecular complexity index is 494. The van der Waals surface area contributed by atoms with Crippen LogP contribution in [0.5, 0.6) is 0 Å². The van der Waals surface area contributed by atoms with Gasteiger partial charge in [0, 0.05) is 28.2 Å². The van der Waals surface area contributed by atoms with Crippen molar-refractivity contribution in [3.05, 3.63) is 21.9 Å². The molecule has 1 aliphatic rings. The minimum atomic E-state index is 0.0963. The highest BCUT2D eigenvalue weighted by atomic mass is 32.1. The van der Waals surface area contributed by atoms with Crippen molar-refractivity contribution in [2.24, 2.45) is 11.8 Å².